The molecule has 1 aromatic rings. The Morgan fingerprint density at radius 1 is 1.33 bits per heavy atom. The molecule has 0 bridgehead atoms. The Hall–Kier alpha value is -2.04. The maximum Gasteiger partial charge on any atom is 0.260 e. The van der Waals surface area contributed by atoms with Gasteiger partial charge in [0.15, 0.2) is 6.61 Å². The summed E-state index contributed by atoms with van der Waals surface area (Å²) in [6.07, 6.45) is 0.355. The molecule has 1 aliphatic rings. The van der Waals surface area contributed by atoms with Crippen LogP contribution in [0.2, 0.25) is 0 Å². The third-order valence-electron chi connectivity index (χ3n) is 3.56. The van der Waals surface area contributed by atoms with Crippen LogP contribution >= 0.6 is 0 Å². The van der Waals surface area contributed by atoms with Gasteiger partial charge in [0.1, 0.15) is 5.75 Å². The topological polar surface area (TPSA) is 58.6 Å². The molecule has 0 unspecified atom stereocenters. The van der Waals surface area contributed by atoms with E-state index in [4.69, 9.17) is 4.74 Å². The lowest BCUT2D eigenvalue weighted by molar-refractivity contribution is -0.133. The Morgan fingerprint density at radius 3 is 2.86 bits per heavy atom. The Kier molecular flexibility index (Phi) is 5.20. The van der Waals surface area contributed by atoms with Crippen molar-refractivity contribution in [3.8, 4) is 5.75 Å². The monoisotopic (exact) mass is 290 g/mol. The fraction of sp³-hybridized carbons (Fsp3) is 0.500. The molecule has 114 valence electrons. The molecule has 1 heterocycles. The molecule has 0 saturated carbocycles. The van der Waals surface area contributed by atoms with Crippen LogP contribution in [0, 0.1) is 0 Å². The minimum Gasteiger partial charge on any atom is -0.483 e. The van der Waals surface area contributed by atoms with Gasteiger partial charge in [-0.25, -0.2) is 0 Å². The van der Waals surface area contributed by atoms with E-state index in [9.17, 15) is 9.59 Å². The van der Waals surface area contributed by atoms with Gasteiger partial charge in [-0.1, -0.05) is 32.0 Å². The van der Waals surface area contributed by atoms with E-state index < -0.39 is 0 Å². The van der Waals surface area contributed by atoms with Crippen molar-refractivity contribution in [1.82, 2.24) is 10.2 Å². The first-order valence-electron chi connectivity index (χ1n) is 7.34. The molecule has 0 aromatic heterocycles. The summed E-state index contributed by atoms with van der Waals surface area (Å²) in [6.45, 7) is 5.71. The third-order valence-corrected chi connectivity index (χ3v) is 3.56. The molecule has 1 N–H and O–H groups in total. The molecule has 5 heteroatoms. The van der Waals surface area contributed by atoms with Crippen molar-refractivity contribution >= 4 is 11.8 Å². The average molecular weight is 290 g/mol. The number of rotatable bonds is 4. The SMILES string of the molecule is CC(C)c1ccccc1OCC(=O)N1CCNC(=O)CC1. The van der Waals surface area contributed by atoms with Gasteiger partial charge < -0.3 is 15.0 Å². The van der Waals surface area contributed by atoms with Crippen LogP contribution < -0.4 is 10.1 Å². The zero-order valence-electron chi connectivity index (χ0n) is 12.6. The van der Waals surface area contributed by atoms with Crippen molar-refractivity contribution < 1.29 is 14.3 Å². The first-order chi connectivity index (χ1) is 10.1. The van der Waals surface area contributed by atoms with Crippen molar-refractivity contribution in [3.05, 3.63) is 29.8 Å². The van der Waals surface area contributed by atoms with Gasteiger partial charge in [0, 0.05) is 26.1 Å². The molecular weight excluding hydrogens is 268 g/mol. The van der Waals surface area contributed by atoms with Gasteiger partial charge in [0.2, 0.25) is 5.91 Å². The van der Waals surface area contributed by atoms with Gasteiger partial charge in [-0.2, -0.15) is 0 Å². The van der Waals surface area contributed by atoms with Crippen LogP contribution in [0.1, 0.15) is 31.7 Å². The van der Waals surface area contributed by atoms with Crippen LogP contribution in [0.15, 0.2) is 24.3 Å². The molecule has 1 fully saturated rings. The molecule has 2 rings (SSSR count). The highest BCUT2D eigenvalue weighted by atomic mass is 16.5. The molecule has 1 aromatic carbocycles. The molecule has 0 atom stereocenters. The molecule has 21 heavy (non-hydrogen) atoms. The fourth-order valence-corrected chi connectivity index (χ4v) is 2.34. The summed E-state index contributed by atoms with van der Waals surface area (Å²) in [5.41, 5.74) is 1.10. The maximum atomic E-state index is 12.2. The van der Waals surface area contributed by atoms with Gasteiger partial charge in [0.05, 0.1) is 0 Å². The van der Waals surface area contributed by atoms with Gasteiger partial charge >= 0.3 is 0 Å². The molecule has 0 aliphatic carbocycles. The number of benzene rings is 1. The molecule has 5 nitrogen and oxygen atoms in total. The Balaban J connectivity index is 1.93. The molecular formula is C16H22N2O3. The number of para-hydroxylation sites is 1. The van der Waals surface area contributed by atoms with E-state index in [0.29, 0.717) is 32.0 Å². The standard InChI is InChI=1S/C16H22N2O3/c1-12(2)13-5-3-4-6-14(13)21-11-16(20)18-9-7-15(19)17-8-10-18/h3-6,12H,7-11H2,1-2H3,(H,17,19). The maximum absolute atomic E-state index is 12.2. The largest absolute Gasteiger partial charge is 0.483 e. The summed E-state index contributed by atoms with van der Waals surface area (Å²) in [6, 6.07) is 7.77. The predicted molar refractivity (Wildman–Crippen MR) is 80.2 cm³/mol. The summed E-state index contributed by atoms with van der Waals surface area (Å²) in [5, 5.41) is 2.75. The van der Waals surface area contributed by atoms with Gasteiger partial charge in [-0.15, -0.1) is 0 Å². The summed E-state index contributed by atoms with van der Waals surface area (Å²) in [7, 11) is 0. The quantitative estimate of drug-likeness (QED) is 0.915. The number of ether oxygens (including phenoxy) is 1. The van der Waals surface area contributed by atoms with Crippen molar-refractivity contribution in [3.63, 3.8) is 0 Å². The second-order valence-electron chi connectivity index (χ2n) is 5.46. The van der Waals surface area contributed by atoms with Crippen molar-refractivity contribution in [2.75, 3.05) is 26.2 Å². The number of nitrogens with one attached hydrogen (secondary N) is 1. The number of nitrogens with zero attached hydrogens (tertiary/aromatic N) is 1. The van der Waals surface area contributed by atoms with E-state index >= 15 is 0 Å². The van der Waals surface area contributed by atoms with Crippen LogP contribution in [0.4, 0.5) is 0 Å². The van der Waals surface area contributed by atoms with E-state index in [1.54, 1.807) is 4.90 Å². The summed E-state index contributed by atoms with van der Waals surface area (Å²) in [4.78, 5) is 25.1. The van der Waals surface area contributed by atoms with Gasteiger partial charge in [-0.05, 0) is 17.5 Å². The van der Waals surface area contributed by atoms with Crippen molar-refractivity contribution in [2.45, 2.75) is 26.2 Å². The van der Waals surface area contributed by atoms with Gasteiger partial charge in [0.25, 0.3) is 5.91 Å². The second kappa shape index (κ2) is 7.11. The lowest BCUT2D eigenvalue weighted by Crippen LogP contribution is -2.37. The van der Waals surface area contributed by atoms with Crippen LogP contribution in [0.5, 0.6) is 5.75 Å². The Bertz CT molecular complexity index is 514. The second-order valence-corrected chi connectivity index (χ2v) is 5.46. The van der Waals surface area contributed by atoms with Crippen LogP contribution in [-0.4, -0.2) is 43.0 Å². The first kappa shape index (κ1) is 15.4. The first-order valence-corrected chi connectivity index (χ1v) is 7.34. The molecule has 1 aliphatic heterocycles. The minimum atomic E-state index is -0.0786. The zero-order chi connectivity index (χ0) is 15.2. The summed E-state index contributed by atoms with van der Waals surface area (Å²) >= 11 is 0. The highest BCUT2D eigenvalue weighted by molar-refractivity contribution is 5.81. The van der Waals surface area contributed by atoms with Crippen LogP contribution in [0.25, 0.3) is 0 Å². The van der Waals surface area contributed by atoms with Crippen LogP contribution in [0.3, 0.4) is 0 Å². The smallest absolute Gasteiger partial charge is 0.260 e. The highest BCUT2D eigenvalue weighted by Gasteiger charge is 2.19. The number of amides is 2. The van der Waals surface area contributed by atoms with Crippen LogP contribution in [-0.2, 0) is 9.59 Å². The lowest BCUT2D eigenvalue weighted by atomic mass is 10.0. The Morgan fingerprint density at radius 2 is 2.10 bits per heavy atom. The number of carbonyl (C=O) groups is 2. The van der Waals surface area contributed by atoms with Gasteiger partial charge in [-0.3, -0.25) is 9.59 Å². The predicted octanol–water partition coefficient (Wildman–Crippen LogP) is 1.54. The summed E-state index contributed by atoms with van der Waals surface area (Å²) in [5.74, 6) is 1.02. The van der Waals surface area contributed by atoms with E-state index in [1.165, 1.54) is 0 Å². The normalized spacial score (nSPS) is 15.6. The molecule has 2 amide bonds. The highest BCUT2D eigenvalue weighted by Crippen LogP contribution is 2.25. The molecule has 0 radical (unpaired) electrons. The van der Waals surface area contributed by atoms with E-state index in [0.717, 1.165) is 11.3 Å². The van der Waals surface area contributed by atoms with Crippen molar-refractivity contribution in [2.24, 2.45) is 0 Å². The fourth-order valence-electron chi connectivity index (χ4n) is 2.34. The van der Waals surface area contributed by atoms with E-state index in [2.05, 4.69) is 19.2 Å². The number of carbonyl (C=O) groups excluding carboxylic acids is 2. The third kappa shape index (κ3) is 4.21. The Labute approximate surface area is 125 Å². The van der Waals surface area contributed by atoms with E-state index in [1.807, 2.05) is 24.3 Å². The minimum absolute atomic E-state index is 0.00336. The molecule has 0 spiro atoms. The zero-order valence-corrected chi connectivity index (χ0v) is 12.6. The van der Waals surface area contributed by atoms with E-state index in [-0.39, 0.29) is 18.4 Å². The van der Waals surface area contributed by atoms with Crippen molar-refractivity contribution in [1.29, 1.82) is 0 Å². The molecule has 1 saturated heterocycles. The number of hydrogen-bond acceptors (Lipinski definition) is 3. The number of hydrogen-bond donors (Lipinski definition) is 1. The lowest BCUT2D eigenvalue weighted by Gasteiger charge is -2.20. The summed E-state index contributed by atoms with van der Waals surface area (Å²) < 4.78 is 5.68. The average Bonchev–Trinajstić information content (AvgIpc) is 2.69.